The summed E-state index contributed by atoms with van der Waals surface area (Å²) < 4.78 is 45.3. The maximum Gasteiger partial charge on any atom is 0.345 e. The van der Waals surface area contributed by atoms with Gasteiger partial charge in [0.1, 0.15) is 24.5 Å². The molecule has 0 amide bonds. The van der Waals surface area contributed by atoms with E-state index in [0.717, 1.165) is 11.6 Å². The molecule has 3 rings (SSSR count). The molecule has 0 aliphatic rings. The van der Waals surface area contributed by atoms with Crippen molar-refractivity contribution in [2.24, 2.45) is 0 Å². The largest absolute Gasteiger partial charge is 0.488 e. The number of ether oxygens (including phenoxy) is 3. The van der Waals surface area contributed by atoms with Gasteiger partial charge in [0.2, 0.25) is 0 Å². The number of alkyl halides is 2. The van der Waals surface area contributed by atoms with E-state index in [0.29, 0.717) is 5.56 Å². The zero-order valence-corrected chi connectivity index (χ0v) is 20.2. The zero-order chi connectivity index (χ0) is 23.8. The van der Waals surface area contributed by atoms with Gasteiger partial charge in [-0.3, -0.25) is 4.79 Å². The zero-order valence-electron chi connectivity index (χ0n) is 17.1. The highest BCUT2D eigenvalue weighted by atomic mass is 79.9. The van der Waals surface area contributed by atoms with Gasteiger partial charge in [0.05, 0.1) is 4.83 Å². The first-order valence-electron chi connectivity index (χ1n) is 9.69. The van der Waals surface area contributed by atoms with Crippen LogP contribution in [0.25, 0.3) is 0 Å². The second kappa shape index (κ2) is 11.9. The third kappa shape index (κ3) is 6.39. The Balaban J connectivity index is 2.00. The van der Waals surface area contributed by atoms with Crippen LogP contribution in [-0.4, -0.2) is 17.5 Å². The van der Waals surface area contributed by atoms with Gasteiger partial charge in [-0.2, -0.15) is 0 Å². The molecule has 2 atom stereocenters. The molecule has 0 fully saturated rings. The predicted molar refractivity (Wildman–Crippen MR) is 124 cm³/mol. The molecule has 3 aromatic carbocycles. The second-order valence-electron chi connectivity index (χ2n) is 6.79. The van der Waals surface area contributed by atoms with Crippen molar-refractivity contribution in [2.45, 2.75) is 23.1 Å². The second-order valence-corrected chi connectivity index (χ2v) is 8.68. The molecule has 0 saturated heterocycles. The van der Waals surface area contributed by atoms with Gasteiger partial charge in [-0.25, -0.2) is 13.6 Å². The summed E-state index contributed by atoms with van der Waals surface area (Å²) in [6, 6.07) is 18.6. The number of halogens is 4. The average molecular weight is 584 g/mol. The van der Waals surface area contributed by atoms with E-state index in [2.05, 4.69) is 31.9 Å². The standard InChI is InChI=1S/C24H18Br2F2O5/c25-20(23(26)33-14-29)17-11-18(27)21(28)19(22(17)31-12-15-7-3-1-4-8-15)24(30)32-13-16-9-5-2-6-10-16/h1-11,14,20,23H,12-13H2. The lowest BCUT2D eigenvalue weighted by molar-refractivity contribution is -0.129. The van der Waals surface area contributed by atoms with Crippen LogP contribution in [0, 0.1) is 11.6 Å². The maximum atomic E-state index is 14.9. The Morgan fingerprint density at radius 1 is 0.939 bits per heavy atom. The molecule has 0 N–H and O–H groups in total. The van der Waals surface area contributed by atoms with Crippen molar-refractivity contribution in [2.75, 3.05) is 0 Å². The Labute approximate surface area is 205 Å². The molecule has 0 radical (unpaired) electrons. The lowest BCUT2D eigenvalue weighted by Gasteiger charge is -2.22. The highest BCUT2D eigenvalue weighted by Gasteiger charge is 2.32. The monoisotopic (exact) mass is 582 g/mol. The molecule has 0 aromatic heterocycles. The first-order chi connectivity index (χ1) is 15.9. The Morgan fingerprint density at radius 3 is 2.09 bits per heavy atom. The SMILES string of the molecule is O=COC(Br)C(Br)c1cc(F)c(F)c(C(=O)OCc2ccccc2)c1OCc1ccccc1. The minimum absolute atomic E-state index is 0.0287. The molecule has 0 saturated carbocycles. The number of benzene rings is 3. The topological polar surface area (TPSA) is 61.8 Å². The summed E-state index contributed by atoms with van der Waals surface area (Å²) in [6.45, 7) is 0.0301. The Bertz CT molecular complexity index is 1100. The Hall–Kier alpha value is -2.78. The molecular formula is C24H18Br2F2O5. The van der Waals surface area contributed by atoms with Crippen molar-refractivity contribution in [3.05, 3.63) is 101 Å². The molecule has 0 aliphatic carbocycles. The van der Waals surface area contributed by atoms with Gasteiger partial charge in [0.15, 0.2) is 16.6 Å². The van der Waals surface area contributed by atoms with Crippen LogP contribution < -0.4 is 4.74 Å². The van der Waals surface area contributed by atoms with Crippen LogP contribution in [0.1, 0.15) is 31.9 Å². The van der Waals surface area contributed by atoms with E-state index >= 15 is 0 Å². The van der Waals surface area contributed by atoms with E-state index in [4.69, 9.17) is 14.2 Å². The molecular weight excluding hydrogens is 566 g/mol. The van der Waals surface area contributed by atoms with Gasteiger partial charge in [0, 0.05) is 5.56 Å². The van der Waals surface area contributed by atoms with E-state index in [1.165, 1.54) is 0 Å². The van der Waals surface area contributed by atoms with Crippen LogP contribution in [0.15, 0.2) is 66.7 Å². The van der Waals surface area contributed by atoms with Crippen LogP contribution >= 0.6 is 31.9 Å². The number of carbonyl (C=O) groups excluding carboxylic acids is 2. The van der Waals surface area contributed by atoms with Crippen LogP contribution in [-0.2, 0) is 27.5 Å². The van der Waals surface area contributed by atoms with Crippen LogP contribution in [0.2, 0.25) is 0 Å². The predicted octanol–water partition coefficient (Wildman–Crippen LogP) is 6.23. The Kier molecular flexibility index (Phi) is 8.96. The van der Waals surface area contributed by atoms with Crippen LogP contribution in [0.3, 0.4) is 0 Å². The summed E-state index contributed by atoms with van der Waals surface area (Å²) in [6.07, 6.45) is 0. The van der Waals surface area contributed by atoms with Crippen molar-refractivity contribution in [1.29, 1.82) is 0 Å². The fourth-order valence-corrected chi connectivity index (χ4v) is 3.80. The highest BCUT2D eigenvalue weighted by Crippen LogP contribution is 2.41. The van der Waals surface area contributed by atoms with E-state index in [9.17, 15) is 18.4 Å². The third-order valence-corrected chi connectivity index (χ3v) is 6.98. The van der Waals surface area contributed by atoms with Crippen molar-refractivity contribution in [3.8, 4) is 5.75 Å². The van der Waals surface area contributed by atoms with Gasteiger partial charge in [-0.05, 0) is 33.1 Å². The summed E-state index contributed by atoms with van der Waals surface area (Å²) in [4.78, 5) is 22.7. The molecule has 0 heterocycles. The molecule has 2 unspecified atom stereocenters. The van der Waals surface area contributed by atoms with Gasteiger partial charge in [-0.15, -0.1) is 0 Å². The number of hydrogen-bond acceptors (Lipinski definition) is 5. The summed E-state index contributed by atoms with van der Waals surface area (Å²) >= 11 is 6.44. The lowest BCUT2D eigenvalue weighted by atomic mass is 10.0. The van der Waals surface area contributed by atoms with Crippen molar-refractivity contribution < 1.29 is 32.6 Å². The fourth-order valence-electron chi connectivity index (χ4n) is 2.96. The van der Waals surface area contributed by atoms with E-state index in [1.807, 2.05) is 6.07 Å². The van der Waals surface area contributed by atoms with Crippen LogP contribution in [0.5, 0.6) is 5.75 Å². The molecule has 0 aliphatic heterocycles. The van der Waals surface area contributed by atoms with E-state index < -0.39 is 33.0 Å². The molecule has 5 nitrogen and oxygen atoms in total. The normalized spacial score (nSPS) is 12.5. The van der Waals surface area contributed by atoms with Gasteiger partial charge >= 0.3 is 5.97 Å². The molecule has 9 heteroatoms. The number of hydrogen-bond donors (Lipinski definition) is 0. The van der Waals surface area contributed by atoms with E-state index in [1.54, 1.807) is 54.6 Å². The van der Waals surface area contributed by atoms with Crippen molar-refractivity contribution in [3.63, 3.8) is 0 Å². The number of esters is 1. The molecule has 0 bridgehead atoms. The number of carbonyl (C=O) groups is 2. The van der Waals surface area contributed by atoms with Crippen molar-refractivity contribution in [1.82, 2.24) is 0 Å². The summed E-state index contributed by atoms with van der Waals surface area (Å²) in [7, 11) is 0. The lowest BCUT2D eigenvalue weighted by Crippen LogP contribution is -2.17. The molecule has 3 aromatic rings. The smallest absolute Gasteiger partial charge is 0.345 e. The molecule has 0 spiro atoms. The first kappa shape index (κ1) is 24.9. The van der Waals surface area contributed by atoms with Gasteiger partial charge in [-0.1, -0.05) is 76.6 Å². The third-order valence-electron chi connectivity index (χ3n) is 4.56. The highest BCUT2D eigenvalue weighted by molar-refractivity contribution is 9.12. The van der Waals surface area contributed by atoms with E-state index in [-0.39, 0.29) is 31.0 Å². The summed E-state index contributed by atoms with van der Waals surface area (Å²) in [5.41, 5.74) is 0.780. The number of rotatable bonds is 10. The molecule has 33 heavy (non-hydrogen) atoms. The van der Waals surface area contributed by atoms with Crippen LogP contribution in [0.4, 0.5) is 8.78 Å². The fraction of sp³-hybridized carbons (Fsp3) is 0.167. The summed E-state index contributed by atoms with van der Waals surface area (Å²) in [5, 5.41) is -0.952. The minimum atomic E-state index is -1.40. The molecule has 172 valence electrons. The van der Waals surface area contributed by atoms with Gasteiger partial charge < -0.3 is 14.2 Å². The minimum Gasteiger partial charge on any atom is -0.488 e. The maximum absolute atomic E-state index is 14.9. The van der Waals surface area contributed by atoms with Gasteiger partial charge in [0.25, 0.3) is 6.47 Å². The summed E-state index contributed by atoms with van der Waals surface area (Å²) in [5.74, 6) is -4.00. The Morgan fingerprint density at radius 2 is 1.52 bits per heavy atom. The average Bonchev–Trinajstić information content (AvgIpc) is 2.84. The van der Waals surface area contributed by atoms with Crippen molar-refractivity contribution >= 4 is 44.3 Å². The quantitative estimate of drug-likeness (QED) is 0.161. The first-order valence-corrected chi connectivity index (χ1v) is 11.5.